The number of benzene rings is 6. The van der Waals surface area contributed by atoms with E-state index < -0.39 is 64.6 Å². The van der Waals surface area contributed by atoms with Gasteiger partial charge < -0.3 is 48.9 Å². The number of likely N-dealkylation sites (tertiary alicyclic amines) is 2. The molecule has 16 nitrogen and oxygen atoms in total. The van der Waals surface area contributed by atoms with Crippen molar-refractivity contribution in [3.8, 4) is 11.1 Å². The highest BCUT2D eigenvalue weighted by molar-refractivity contribution is 5.96. The van der Waals surface area contributed by atoms with Gasteiger partial charge in [0.15, 0.2) is 0 Å². The smallest absolute Gasteiger partial charge is 0.416 e. The van der Waals surface area contributed by atoms with E-state index in [0.717, 1.165) is 85.6 Å². The Morgan fingerprint density at radius 1 is 0.621 bits per heavy atom. The van der Waals surface area contributed by atoms with Gasteiger partial charge in [0.2, 0.25) is 11.8 Å². The molecule has 6 aromatic rings. The maximum Gasteiger partial charge on any atom is 0.416 e. The number of carbonyl (C=O) groups excluding carboxylic acids is 4. The Kier molecular flexibility index (Phi) is 29.8. The topological polar surface area (TPSA) is 150 Å². The van der Waals surface area contributed by atoms with Crippen LogP contribution < -0.4 is 4.90 Å². The van der Waals surface area contributed by atoms with Gasteiger partial charge in [0.25, 0.3) is 11.8 Å². The van der Waals surface area contributed by atoms with E-state index in [-0.39, 0.29) is 92.7 Å². The van der Waals surface area contributed by atoms with Gasteiger partial charge in [-0.25, -0.2) is 9.18 Å². The number of likely N-dealkylation sites (N-methyl/N-ethyl adjacent to an activating group) is 3. The third kappa shape index (κ3) is 21.0. The fourth-order valence-corrected chi connectivity index (χ4v) is 14.7. The number of anilines is 1. The van der Waals surface area contributed by atoms with Crippen LogP contribution in [0.5, 0.6) is 0 Å². The predicted molar refractivity (Wildman–Crippen MR) is 390 cm³/mol. The minimum atomic E-state index is -5.15. The average Bonchev–Trinajstić information content (AvgIpc) is 1.57. The Balaban J connectivity index is 0.00000495. The van der Waals surface area contributed by atoms with Gasteiger partial charge in [-0.15, -0.1) is 37.2 Å². The summed E-state index contributed by atoms with van der Waals surface area (Å²) in [4.78, 5) is 81.3. The lowest BCUT2D eigenvalue weighted by Gasteiger charge is -2.44. The van der Waals surface area contributed by atoms with Crippen molar-refractivity contribution in [1.82, 2.24) is 34.3 Å². The molecule has 0 bridgehead atoms. The molecule has 1 spiro atoms. The van der Waals surface area contributed by atoms with Crippen LogP contribution in [0.1, 0.15) is 118 Å². The summed E-state index contributed by atoms with van der Waals surface area (Å²) in [5.74, 6) is -1.77. The maximum atomic E-state index is 14.3. The molecule has 26 heteroatoms. The van der Waals surface area contributed by atoms with Crippen LogP contribution in [0, 0.1) is 5.82 Å². The van der Waals surface area contributed by atoms with Crippen molar-refractivity contribution in [3.05, 3.63) is 196 Å². The first-order valence-corrected chi connectivity index (χ1v) is 34.6. The molecule has 0 saturated carbocycles. The molecule has 3 heterocycles. The first-order valence-electron chi connectivity index (χ1n) is 34.6. The quantitative estimate of drug-likeness (QED) is 0.0369. The molecule has 4 aliphatic rings. The Bertz CT molecular complexity index is 3740. The molecule has 1 aliphatic carbocycles. The van der Waals surface area contributed by atoms with Gasteiger partial charge >= 0.3 is 18.4 Å². The number of amides is 5. The lowest BCUT2D eigenvalue weighted by Crippen LogP contribution is -2.50. The van der Waals surface area contributed by atoms with E-state index in [4.69, 9.17) is 9.47 Å². The van der Waals surface area contributed by atoms with E-state index in [1.165, 1.54) is 34.7 Å². The Morgan fingerprint density at radius 2 is 1.23 bits per heavy atom. The summed E-state index contributed by atoms with van der Waals surface area (Å²) in [6.07, 6.45) is -3.32. The minimum Gasteiger partial charge on any atom is -0.465 e. The van der Waals surface area contributed by atoms with E-state index >= 15 is 0 Å². The van der Waals surface area contributed by atoms with Crippen LogP contribution in [0.15, 0.2) is 146 Å². The van der Waals surface area contributed by atoms with Gasteiger partial charge in [-0.3, -0.25) is 24.1 Å². The summed E-state index contributed by atoms with van der Waals surface area (Å²) < 4.78 is 110. The van der Waals surface area contributed by atoms with Gasteiger partial charge in [0, 0.05) is 108 Å². The number of fused-ring (bicyclic) bond motifs is 2. The maximum absolute atomic E-state index is 14.3. The number of piperidine rings is 2. The largest absolute Gasteiger partial charge is 0.465 e. The number of ether oxygens (including phenoxy) is 2. The zero-order chi connectivity index (χ0) is 71.4. The molecule has 3 aliphatic heterocycles. The molecule has 3 saturated heterocycles. The molecular weight excluding hydrogens is 1400 g/mol. The molecule has 5 amide bonds. The molecule has 10 rings (SSSR count). The summed E-state index contributed by atoms with van der Waals surface area (Å²) in [6.45, 7) is 6.31. The number of hydrogen-bond donors (Lipinski definition) is 1. The van der Waals surface area contributed by atoms with Crippen LogP contribution in [0.25, 0.3) is 11.1 Å². The van der Waals surface area contributed by atoms with Gasteiger partial charge in [0.05, 0.1) is 29.5 Å². The molecule has 560 valence electrons. The Hall–Kier alpha value is -7.35. The summed E-state index contributed by atoms with van der Waals surface area (Å²) >= 11 is 0. The predicted octanol–water partition coefficient (Wildman–Crippen LogP) is 14.2. The molecule has 0 unspecified atom stereocenters. The summed E-state index contributed by atoms with van der Waals surface area (Å²) in [6, 6.07) is 39.5. The van der Waals surface area contributed by atoms with Crippen molar-refractivity contribution >= 4 is 72.6 Å². The van der Waals surface area contributed by atoms with E-state index in [2.05, 4.69) is 33.9 Å². The second kappa shape index (κ2) is 37.1. The SMILES string of the molecule is CN(CCCCCC(=O)N(C)CCN1CCC(N(C(=O)O)c2ccccc2-c2ccccc2)CC1)CCc1ccc(C(=O)N(C)CCCN(C)C(=O)CO[C@H]2Cc3ccccc3C23CCN(CC[C@@]2(c4ccc(F)cc4)CN(C(=O)c4cc(C(F)(F)F)cc(C(F)(F)F)c4)CO2)CC3)cc1.Cl.Cl.Cl. The number of carbonyl (C=O) groups is 5. The molecule has 6 aromatic carbocycles. The second-order valence-corrected chi connectivity index (χ2v) is 27.4. The number of rotatable bonds is 28. The van der Waals surface area contributed by atoms with Crippen molar-refractivity contribution in [3.63, 3.8) is 0 Å². The van der Waals surface area contributed by atoms with Gasteiger partial charge in [-0.1, -0.05) is 103 Å². The third-order valence-corrected chi connectivity index (χ3v) is 20.7. The molecule has 2 atom stereocenters. The number of hydrogen-bond acceptors (Lipinski definition) is 10. The lowest BCUT2D eigenvalue weighted by atomic mass is 9.72. The standard InChI is InChI=1S/C77H91F7N8O8.3ClH/c1-85(37-14-6-9-22-69(93)87(3)46-47-89-41-32-64(33-42-89)92(73(97)98)67-21-13-11-19-65(67)56-16-7-5-8-17-56)40-31-55-23-25-57(26-24-55)71(95)88(4)39-15-38-86(2)70(94)52-99-68-50-58-18-10-12-20-66(58)74(68)34-43-90(44-35-74)45-36-75(60-27-29-63(78)30-28-60)53-91(54-100-75)72(96)59-48-61(76(79,80)81)51-62(49-59)77(82,83)84;;;/h5,7-8,10-13,16-21,23-30,48-49,51,64,68H,6,9,14-15,22,31-47,50,52-54H2,1-4H3,(H,97,98);3*1H/t68-,75-;;;/m0.../s1. The first-order chi connectivity index (χ1) is 47.8. The van der Waals surface area contributed by atoms with Crippen LogP contribution in [0.4, 0.5) is 41.2 Å². The van der Waals surface area contributed by atoms with Crippen molar-refractivity contribution in [2.45, 2.75) is 113 Å². The highest BCUT2D eigenvalue weighted by Crippen LogP contribution is 2.49. The number of halogens is 10. The summed E-state index contributed by atoms with van der Waals surface area (Å²) in [7, 11) is 7.44. The van der Waals surface area contributed by atoms with Gasteiger partial charge in [-0.05, 0) is 167 Å². The van der Waals surface area contributed by atoms with Crippen LogP contribution >= 0.6 is 37.2 Å². The highest BCUT2D eigenvalue weighted by Gasteiger charge is 2.50. The number of carboxylic acid groups (broad SMARTS) is 1. The van der Waals surface area contributed by atoms with Crippen LogP contribution in [0.3, 0.4) is 0 Å². The first kappa shape index (κ1) is 82.9. The van der Waals surface area contributed by atoms with E-state index in [1.54, 1.807) is 23.9 Å². The molecule has 0 aromatic heterocycles. The minimum absolute atomic E-state index is 0. The van der Waals surface area contributed by atoms with Gasteiger partial charge in [-0.2, -0.15) is 26.3 Å². The average molecular weight is 1500 g/mol. The number of nitrogens with zero attached hydrogens (tertiary/aromatic N) is 8. The lowest BCUT2D eigenvalue weighted by molar-refractivity contribution is -0.143. The molecule has 1 N–H and O–H groups in total. The molecule has 0 radical (unpaired) electrons. The second-order valence-electron chi connectivity index (χ2n) is 27.4. The van der Waals surface area contributed by atoms with Gasteiger partial charge in [0.1, 0.15) is 24.8 Å². The zero-order valence-electron chi connectivity index (χ0n) is 58.6. The van der Waals surface area contributed by atoms with E-state index in [0.29, 0.717) is 113 Å². The monoisotopic (exact) mass is 1500 g/mol. The summed E-state index contributed by atoms with van der Waals surface area (Å²) in [5, 5.41) is 10.4. The van der Waals surface area contributed by atoms with Crippen LogP contribution in [0.2, 0.25) is 0 Å². The Morgan fingerprint density at radius 3 is 1.89 bits per heavy atom. The Labute approximate surface area is 617 Å². The van der Waals surface area contributed by atoms with Crippen molar-refractivity contribution < 1.29 is 69.3 Å². The van der Waals surface area contributed by atoms with Crippen molar-refractivity contribution in [2.24, 2.45) is 0 Å². The van der Waals surface area contributed by atoms with E-state index in [1.807, 2.05) is 103 Å². The molecule has 103 heavy (non-hydrogen) atoms. The fourth-order valence-electron chi connectivity index (χ4n) is 14.7. The molecular formula is C77H94Cl3F7N8O8. The number of alkyl halides is 6. The van der Waals surface area contributed by atoms with Crippen molar-refractivity contribution in [2.75, 3.05) is 125 Å². The normalized spacial score (nSPS) is 17.6. The van der Waals surface area contributed by atoms with Crippen molar-refractivity contribution in [1.29, 1.82) is 0 Å². The zero-order valence-corrected chi connectivity index (χ0v) is 61.1. The van der Waals surface area contributed by atoms with Crippen LogP contribution in [-0.4, -0.2) is 201 Å². The summed E-state index contributed by atoms with van der Waals surface area (Å²) in [5.41, 5.74) is 1.39. The molecule has 3 fully saturated rings. The fraction of sp³-hybridized carbons (Fsp3) is 0.468. The van der Waals surface area contributed by atoms with Crippen LogP contribution in [-0.2, 0) is 55.3 Å². The van der Waals surface area contributed by atoms with E-state index in [9.17, 15) is 59.8 Å². The third-order valence-electron chi connectivity index (χ3n) is 20.7. The number of unbranched alkanes of at least 4 members (excludes halogenated alkanes) is 2. The number of para-hydroxylation sites is 1. The highest BCUT2D eigenvalue weighted by atomic mass is 35.5.